The van der Waals surface area contributed by atoms with Gasteiger partial charge in [-0.05, 0) is 35.0 Å². The molecule has 0 saturated carbocycles. The highest BCUT2D eigenvalue weighted by atomic mass is 19.2. The summed E-state index contributed by atoms with van der Waals surface area (Å²) in [7, 11) is 0. The van der Waals surface area contributed by atoms with Gasteiger partial charge in [-0.25, -0.2) is 18.0 Å². The molecule has 0 atom stereocenters. The zero-order chi connectivity index (χ0) is 19.6. The maximum absolute atomic E-state index is 13.5. The second kappa shape index (κ2) is 7.36. The van der Waals surface area contributed by atoms with Gasteiger partial charge in [-0.3, -0.25) is 4.79 Å². The van der Waals surface area contributed by atoms with Crippen LogP contribution in [-0.4, -0.2) is 18.5 Å². The van der Waals surface area contributed by atoms with Gasteiger partial charge in [-0.15, -0.1) is 0 Å². The number of fused-ring (bicyclic) bond motifs is 1. The number of anilines is 2. The minimum absolute atomic E-state index is 0.0699. The number of nitrogens with two attached hydrogens (primary N) is 1. The van der Waals surface area contributed by atoms with Crippen molar-refractivity contribution in [3.05, 3.63) is 71.5 Å². The summed E-state index contributed by atoms with van der Waals surface area (Å²) in [5.41, 5.74) is 5.51. The van der Waals surface area contributed by atoms with Gasteiger partial charge in [-0.2, -0.15) is 0 Å². The first kappa shape index (κ1) is 18.2. The van der Waals surface area contributed by atoms with E-state index < -0.39 is 41.6 Å². The third kappa shape index (κ3) is 3.84. The summed E-state index contributed by atoms with van der Waals surface area (Å²) in [6.45, 7) is -0.760. The minimum Gasteiger partial charge on any atom is -0.452 e. The van der Waals surface area contributed by atoms with Crippen molar-refractivity contribution in [2.45, 2.75) is 0 Å². The molecule has 0 aromatic heterocycles. The number of benzene rings is 3. The Morgan fingerprint density at radius 2 is 1.63 bits per heavy atom. The zero-order valence-electron chi connectivity index (χ0n) is 13.8. The monoisotopic (exact) mass is 374 g/mol. The van der Waals surface area contributed by atoms with Crippen molar-refractivity contribution in [1.82, 2.24) is 0 Å². The SMILES string of the molecule is Nc1cc2ccccc2cc1C(=O)OCC(=O)Nc1ccc(F)c(F)c1F. The normalized spacial score (nSPS) is 10.6. The predicted octanol–water partition coefficient (Wildman–Crippen LogP) is 3.63. The number of nitrogens with one attached hydrogen (secondary N) is 1. The molecular weight excluding hydrogens is 361 g/mol. The fraction of sp³-hybridized carbons (Fsp3) is 0.0526. The van der Waals surface area contributed by atoms with Crippen LogP contribution < -0.4 is 11.1 Å². The van der Waals surface area contributed by atoms with Crippen LogP contribution in [0, 0.1) is 17.5 Å². The molecule has 8 heteroatoms. The van der Waals surface area contributed by atoms with Crippen LogP contribution >= 0.6 is 0 Å². The van der Waals surface area contributed by atoms with Crippen molar-refractivity contribution in [2.24, 2.45) is 0 Å². The number of halogens is 3. The summed E-state index contributed by atoms with van der Waals surface area (Å²) >= 11 is 0. The Kier molecular flexibility index (Phi) is 4.98. The Labute approximate surface area is 151 Å². The van der Waals surface area contributed by atoms with Gasteiger partial charge < -0.3 is 15.8 Å². The molecule has 0 spiro atoms. The first-order valence-electron chi connectivity index (χ1n) is 7.75. The Balaban J connectivity index is 1.68. The number of hydrogen-bond acceptors (Lipinski definition) is 4. The Morgan fingerprint density at radius 3 is 2.33 bits per heavy atom. The van der Waals surface area contributed by atoms with Crippen LogP contribution in [0.15, 0.2) is 48.5 Å². The van der Waals surface area contributed by atoms with Gasteiger partial charge in [0.25, 0.3) is 5.91 Å². The van der Waals surface area contributed by atoms with E-state index in [4.69, 9.17) is 10.5 Å². The smallest absolute Gasteiger partial charge is 0.340 e. The zero-order valence-corrected chi connectivity index (χ0v) is 13.8. The molecule has 138 valence electrons. The second-order valence-electron chi connectivity index (χ2n) is 5.63. The van der Waals surface area contributed by atoms with E-state index in [0.29, 0.717) is 6.07 Å². The molecule has 0 radical (unpaired) electrons. The van der Waals surface area contributed by atoms with Crippen molar-refractivity contribution in [3.8, 4) is 0 Å². The van der Waals surface area contributed by atoms with Gasteiger partial charge in [0, 0.05) is 5.69 Å². The fourth-order valence-electron chi connectivity index (χ4n) is 2.45. The van der Waals surface area contributed by atoms with Crippen LogP contribution in [0.4, 0.5) is 24.5 Å². The molecule has 3 rings (SSSR count). The standard InChI is InChI=1S/C19H13F3N2O3/c20-13-5-6-15(18(22)17(13)21)24-16(25)9-27-19(26)12-7-10-3-1-2-4-11(10)8-14(12)23/h1-8H,9,23H2,(H,24,25). The van der Waals surface area contributed by atoms with Gasteiger partial charge in [0.2, 0.25) is 0 Å². The quantitative estimate of drug-likeness (QED) is 0.415. The van der Waals surface area contributed by atoms with Crippen molar-refractivity contribution in [2.75, 3.05) is 17.7 Å². The molecule has 3 aromatic rings. The molecule has 0 fully saturated rings. The van der Waals surface area contributed by atoms with E-state index in [9.17, 15) is 22.8 Å². The number of nitrogen functional groups attached to an aromatic ring is 1. The average molecular weight is 374 g/mol. The van der Waals surface area contributed by atoms with E-state index in [0.717, 1.165) is 16.8 Å². The molecule has 0 unspecified atom stereocenters. The molecule has 0 heterocycles. The Bertz CT molecular complexity index is 1050. The molecule has 0 aliphatic heterocycles. The van der Waals surface area contributed by atoms with Gasteiger partial charge in [0.1, 0.15) is 0 Å². The number of carbonyl (C=O) groups excluding carboxylic acids is 2. The maximum Gasteiger partial charge on any atom is 0.340 e. The first-order chi connectivity index (χ1) is 12.9. The van der Waals surface area contributed by atoms with Crippen molar-refractivity contribution in [3.63, 3.8) is 0 Å². The first-order valence-corrected chi connectivity index (χ1v) is 7.75. The van der Waals surface area contributed by atoms with Crippen LogP contribution in [0.2, 0.25) is 0 Å². The summed E-state index contributed by atoms with van der Waals surface area (Å²) in [4.78, 5) is 24.0. The van der Waals surface area contributed by atoms with E-state index >= 15 is 0 Å². The van der Waals surface area contributed by atoms with Crippen molar-refractivity contribution >= 4 is 34.0 Å². The van der Waals surface area contributed by atoms with E-state index in [1.807, 2.05) is 17.4 Å². The topological polar surface area (TPSA) is 81.4 Å². The van der Waals surface area contributed by atoms with E-state index in [1.165, 1.54) is 6.07 Å². The van der Waals surface area contributed by atoms with Gasteiger partial charge >= 0.3 is 5.97 Å². The average Bonchev–Trinajstić information content (AvgIpc) is 2.66. The van der Waals surface area contributed by atoms with Crippen LogP contribution in [0.3, 0.4) is 0 Å². The predicted molar refractivity (Wildman–Crippen MR) is 93.6 cm³/mol. The molecule has 0 aliphatic carbocycles. The number of carbonyl (C=O) groups is 2. The molecular formula is C19H13F3N2O3. The van der Waals surface area contributed by atoms with Crippen LogP contribution in [-0.2, 0) is 9.53 Å². The van der Waals surface area contributed by atoms with E-state index in [1.54, 1.807) is 18.2 Å². The van der Waals surface area contributed by atoms with E-state index in [-0.39, 0.29) is 11.3 Å². The van der Waals surface area contributed by atoms with Crippen molar-refractivity contribution < 1.29 is 27.5 Å². The fourth-order valence-corrected chi connectivity index (χ4v) is 2.45. The third-order valence-electron chi connectivity index (χ3n) is 3.78. The van der Waals surface area contributed by atoms with Crippen LogP contribution in [0.1, 0.15) is 10.4 Å². The summed E-state index contributed by atoms with van der Waals surface area (Å²) in [6, 6.07) is 11.9. The van der Waals surface area contributed by atoms with Gasteiger partial charge in [-0.1, -0.05) is 24.3 Å². The highest BCUT2D eigenvalue weighted by Gasteiger charge is 2.17. The number of amides is 1. The van der Waals surface area contributed by atoms with Gasteiger partial charge in [0.05, 0.1) is 11.3 Å². The summed E-state index contributed by atoms with van der Waals surface area (Å²) in [5, 5.41) is 3.59. The van der Waals surface area contributed by atoms with Crippen LogP contribution in [0.5, 0.6) is 0 Å². The molecule has 3 aromatic carbocycles. The lowest BCUT2D eigenvalue weighted by Gasteiger charge is -2.10. The summed E-state index contributed by atoms with van der Waals surface area (Å²) < 4.78 is 44.4. The highest BCUT2D eigenvalue weighted by molar-refractivity contribution is 6.02. The van der Waals surface area contributed by atoms with Crippen LogP contribution in [0.25, 0.3) is 10.8 Å². The second-order valence-corrected chi connectivity index (χ2v) is 5.63. The van der Waals surface area contributed by atoms with E-state index in [2.05, 4.69) is 0 Å². The Hall–Kier alpha value is -3.55. The van der Waals surface area contributed by atoms with Crippen molar-refractivity contribution in [1.29, 1.82) is 0 Å². The largest absolute Gasteiger partial charge is 0.452 e. The highest BCUT2D eigenvalue weighted by Crippen LogP contribution is 2.23. The number of ether oxygens (including phenoxy) is 1. The number of esters is 1. The maximum atomic E-state index is 13.5. The summed E-state index contributed by atoms with van der Waals surface area (Å²) in [5.74, 6) is -6.42. The molecule has 0 bridgehead atoms. The number of rotatable bonds is 4. The van der Waals surface area contributed by atoms with Gasteiger partial charge in [0.15, 0.2) is 24.1 Å². The lowest BCUT2D eigenvalue weighted by molar-refractivity contribution is -0.119. The molecule has 27 heavy (non-hydrogen) atoms. The molecule has 1 amide bonds. The molecule has 0 saturated heterocycles. The minimum atomic E-state index is -1.71. The molecule has 0 aliphatic rings. The summed E-state index contributed by atoms with van der Waals surface area (Å²) in [6.07, 6.45) is 0. The number of hydrogen-bond donors (Lipinski definition) is 2. The lowest BCUT2D eigenvalue weighted by Crippen LogP contribution is -2.22. The third-order valence-corrected chi connectivity index (χ3v) is 3.78. The molecule has 5 nitrogen and oxygen atoms in total. The molecule has 3 N–H and O–H groups in total. The Morgan fingerprint density at radius 1 is 0.963 bits per heavy atom. The lowest BCUT2D eigenvalue weighted by atomic mass is 10.1.